The molecular formula is C21H23NO3. The number of hydrogen-bond acceptors (Lipinski definition) is 3. The molecule has 3 rings (SSSR count). The molecule has 0 unspecified atom stereocenters. The van der Waals surface area contributed by atoms with Crippen molar-refractivity contribution in [2.45, 2.75) is 32.2 Å². The number of rotatable bonds is 4. The fourth-order valence-electron chi connectivity index (χ4n) is 3.30. The monoisotopic (exact) mass is 337 g/mol. The molecule has 1 saturated heterocycles. The van der Waals surface area contributed by atoms with Gasteiger partial charge in [-0.2, -0.15) is 0 Å². The number of ether oxygens (including phenoxy) is 1. The second kappa shape index (κ2) is 7.51. The summed E-state index contributed by atoms with van der Waals surface area (Å²) in [7, 11) is 0. The van der Waals surface area contributed by atoms with E-state index in [2.05, 4.69) is 19.6 Å². The van der Waals surface area contributed by atoms with Crippen molar-refractivity contribution in [3.8, 4) is 0 Å². The van der Waals surface area contributed by atoms with Crippen LogP contribution in [0.5, 0.6) is 0 Å². The lowest BCUT2D eigenvalue weighted by molar-refractivity contribution is -0.124. The van der Waals surface area contributed by atoms with E-state index in [1.165, 1.54) is 16.5 Å². The van der Waals surface area contributed by atoms with Crippen LogP contribution in [0.2, 0.25) is 0 Å². The van der Waals surface area contributed by atoms with E-state index in [9.17, 15) is 9.59 Å². The SMILES string of the molecule is C=C(C)[C@@H]1CC=C(/C=C/C(=O)N2C(=O)OC[C@H]2c2ccccc2)CC1. The lowest BCUT2D eigenvalue weighted by Gasteiger charge is -2.21. The maximum atomic E-state index is 12.6. The number of hydrogen-bond donors (Lipinski definition) is 0. The molecule has 4 nitrogen and oxygen atoms in total. The van der Waals surface area contributed by atoms with Crippen LogP contribution in [0.15, 0.2) is 66.3 Å². The van der Waals surface area contributed by atoms with Crippen LogP contribution in [-0.4, -0.2) is 23.5 Å². The van der Waals surface area contributed by atoms with Crippen molar-refractivity contribution in [1.82, 2.24) is 4.90 Å². The van der Waals surface area contributed by atoms with Gasteiger partial charge in [0.1, 0.15) is 12.6 Å². The fraction of sp³-hybridized carbons (Fsp3) is 0.333. The maximum Gasteiger partial charge on any atom is 0.417 e. The van der Waals surface area contributed by atoms with E-state index in [1.54, 1.807) is 0 Å². The summed E-state index contributed by atoms with van der Waals surface area (Å²) in [6.07, 6.45) is 7.82. The van der Waals surface area contributed by atoms with E-state index in [0.29, 0.717) is 5.92 Å². The average molecular weight is 337 g/mol. The van der Waals surface area contributed by atoms with E-state index in [0.717, 1.165) is 30.4 Å². The first-order valence-electron chi connectivity index (χ1n) is 8.63. The minimum Gasteiger partial charge on any atom is -0.446 e. The third kappa shape index (κ3) is 3.90. The molecule has 130 valence electrons. The number of imide groups is 1. The molecule has 1 aromatic carbocycles. The molecule has 1 aliphatic heterocycles. The third-order valence-electron chi connectivity index (χ3n) is 4.88. The highest BCUT2D eigenvalue weighted by Crippen LogP contribution is 2.30. The van der Waals surface area contributed by atoms with Gasteiger partial charge in [0.15, 0.2) is 0 Å². The van der Waals surface area contributed by atoms with Crippen LogP contribution in [0.25, 0.3) is 0 Å². The zero-order valence-electron chi connectivity index (χ0n) is 14.5. The van der Waals surface area contributed by atoms with Gasteiger partial charge in [-0.25, -0.2) is 9.69 Å². The van der Waals surface area contributed by atoms with E-state index < -0.39 is 6.09 Å². The van der Waals surface area contributed by atoms with Crippen LogP contribution in [0.3, 0.4) is 0 Å². The van der Waals surface area contributed by atoms with Crippen LogP contribution >= 0.6 is 0 Å². The first-order valence-corrected chi connectivity index (χ1v) is 8.63. The Morgan fingerprint density at radius 1 is 1.32 bits per heavy atom. The van der Waals surface area contributed by atoms with Gasteiger partial charge < -0.3 is 4.74 Å². The summed E-state index contributed by atoms with van der Waals surface area (Å²) in [4.78, 5) is 25.7. The molecular weight excluding hydrogens is 314 g/mol. The molecule has 1 aromatic rings. The van der Waals surface area contributed by atoms with E-state index >= 15 is 0 Å². The standard InChI is InChI=1S/C21H23NO3/c1-15(2)17-11-8-16(9-12-17)10-13-20(23)22-19(14-25-21(22)24)18-6-4-3-5-7-18/h3-8,10,13,17,19H,1,9,11-12,14H2,2H3/b13-10+/t17-,19+/m1/s1. The Hall–Kier alpha value is -2.62. The van der Waals surface area contributed by atoms with Crippen LogP contribution in [0.4, 0.5) is 4.79 Å². The second-order valence-corrected chi connectivity index (χ2v) is 6.64. The molecule has 1 fully saturated rings. The number of benzene rings is 1. The zero-order valence-corrected chi connectivity index (χ0v) is 14.5. The van der Waals surface area contributed by atoms with Crippen molar-refractivity contribution < 1.29 is 14.3 Å². The zero-order chi connectivity index (χ0) is 17.8. The normalized spacial score (nSPS) is 23.5. The van der Waals surface area contributed by atoms with Crippen molar-refractivity contribution in [3.63, 3.8) is 0 Å². The van der Waals surface area contributed by atoms with Gasteiger partial charge in [-0.3, -0.25) is 4.79 Å². The minimum absolute atomic E-state index is 0.200. The first kappa shape index (κ1) is 17.2. The summed E-state index contributed by atoms with van der Waals surface area (Å²) in [6, 6.07) is 9.12. The largest absolute Gasteiger partial charge is 0.446 e. The maximum absolute atomic E-state index is 12.6. The van der Waals surface area contributed by atoms with Crippen molar-refractivity contribution in [1.29, 1.82) is 0 Å². The molecule has 0 aromatic heterocycles. The van der Waals surface area contributed by atoms with Crippen molar-refractivity contribution in [2.75, 3.05) is 6.61 Å². The highest BCUT2D eigenvalue weighted by atomic mass is 16.6. The van der Waals surface area contributed by atoms with Crippen molar-refractivity contribution in [2.24, 2.45) is 5.92 Å². The number of nitrogens with zero attached hydrogens (tertiary/aromatic N) is 1. The minimum atomic E-state index is -0.580. The average Bonchev–Trinajstić information content (AvgIpc) is 3.02. The highest BCUT2D eigenvalue weighted by Gasteiger charge is 2.37. The van der Waals surface area contributed by atoms with Gasteiger partial charge in [0.2, 0.25) is 0 Å². The van der Waals surface area contributed by atoms with Gasteiger partial charge in [0.05, 0.1) is 0 Å². The number of carbonyl (C=O) groups is 2. The third-order valence-corrected chi connectivity index (χ3v) is 4.88. The Balaban J connectivity index is 1.69. The Morgan fingerprint density at radius 3 is 2.72 bits per heavy atom. The van der Waals surface area contributed by atoms with Crippen LogP contribution < -0.4 is 0 Å². The Morgan fingerprint density at radius 2 is 2.08 bits per heavy atom. The summed E-state index contributed by atoms with van der Waals surface area (Å²) >= 11 is 0. The van der Waals surface area contributed by atoms with Crippen LogP contribution in [-0.2, 0) is 9.53 Å². The molecule has 0 saturated carbocycles. The Labute approximate surface area is 148 Å². The predicted molar refractivity (Wildman–Crippen MR) is 96.8 cm³/mol. The lowest BCUT2D eigenvalue weighted by Crippen LogP contribution is -2.32. The van der Waals surface area contributed by atoms with Crippen LogP contribution in [0, 0.1) is 5.92 Å². The smallest absolute Gasteiger partial charge is 0.417 e. The summed E-state index contributed by atoms with van der Waals surface area (Å²) < 4.78 is 5.09. The molecule has 0 bridgehead atoms. The summed E-state index contributed by atoms with van der Waals surface area (Å²) in [6.45, 7) is 6.28. The van der Waals surface area contributed by atoms with E-state index in [1.807, 2.05) is 36.4 Å². The number of cyclic esters (lactones) is 1. The van der Waals surface area contributed by atoms with Gasteiger partial charge in [-0.1, -0.05) is 60.2 Å². The Bertz CT molecular complexity index is 733. The van der Waals surface area contributed by atoms with Gasteiger partial charge >= 0.3 is 6.09 Å². The number of allylic oxidation sites excluding steroid dienone is 4. The van der Waals surface area contributed by atoms with E-state index in [-0.39, 0.29) is 18.6 Å². The van der Waals surface area contributed by atoms with Crippen LogP contribution in [0.1, 0.15) is 37.8 Å². The molecule has 1 aliphatic carbocycles. The quantitative estimate of drug-likeness (QED) is 0.597. The molecule has 1 heterocycles. The van der Waals surface area contributed by atoms with Crippen molar-refractivity contribution in [3.05, 3.63) is 71.8 Å². The second-order valence-electron chi connectivity index (χ2n) is 6.64. The molecule has 25 heavy (non-hydrogen) atoms. The highest BCUT2D eigenvalue weighted by molar-refractivity contribution is 6.00. The number of amides is 2. The molecule has 2 amide bonds. The van der Waals surface area contributed by atoms with Gasteiger partial charge in [0, 0.05) is 6.08 Å². The van der Waals surface area contributed by atoms with Gasteiger partial charge in [-0.15, -0.1) is 0 Å². The predicted octanol–water partition coefficient (Wildman–Crippen LogP) is 4.57. The molecule has 0 spiro atoms. The first-order chi connectivity index (χ1) is 12.1. The molecule has 0 N–H and O–H groups in total. The topological polar surface area (TPSA) is 46.6 Å². The van der Waals surface area contributed by atoms with Crippen molar-refractivity contribution >= 4 is 12.0 Å². The summed E-state index contributed by atoms with van der Waals surface area (Å²) in [5, 5.41) is 0. The molecule has 4 heteroatoms. The number of carbonyl (C=O) groups excluding carboxylic acids is 2. The summed E-state index contributed by atoms with van der Waals surface area (Å²) in [5.41, 5.74) is 3.24. The van der Waals surface area contributed by atoms with Gasteiger partial charge in [0.25, 0.3) is 5.91 Å². The lowest BCUT2D eigenvalue weighted by atomic mass is 9.85. The molecule has 2 atom stereocenters. The van der Waals surface area contributed by atoms with E-state index in [4.69, 9.17) is 4.74 Å². The fourth-order valence-corrected chi connectivity index (χ4v) is 3.30. The Kier molecular flexibility index (Phi) is 5.17. The summed E-state index contributed by atoms with van der Waals surface area (Å²) in [5.74, 6) is 0.197. The van der Waals surface area contributed by atoms with Gasteiger partial charge in [-0.05, 0) is 37.7 Å². The molecule has 2 aliphatic rings. The molecule has 0 radical (unpaired) electrons.